The van der Waals surface area contributed by atoms with Gasteiger partial charge in [-0.05, 0) is 43.2 Å². The molecule has 0 spiro atoms. The van der Waals surface area contributed by atoms with Crippen molar-refractivity contribution in [3.8, 4) is 5.75 Å². The van der Waals surface area contributed by atoms with Gasteiger partial charge in [0.1, 0.15) is 11.4 Å². The first-order valence-corrected chi connectivity index (χ1v) is 8.36. The van der Waals surface area contributed by atoms with Crippen LogP contribution in [0.25, 0.3) is 0 Å². The first-order valence-electron chi connectivity index (χ1n) is 7.98. The normalized spacial score (nSPS) is 13.6. The number of nitrogens with one attached hydrogen (secondary N) is 1. The van der Waals surface area contributed by atoms with Crippen LogP contribution in [0.3, 0.4) is 0 Å². The number of ether oxygens (including phenoxy) is 1. The van der Waals surface area contributed by atoms with Gasteiger partial charge in [0.25, 0.3) is 11.8 Å². The van der Waals surface area contributed by atoms with Gasteiger partial charge in [0.05, 0.1) is 12.8 Å². The number of amides is 2. The molecule has 1 aliphatic rings. The molecule has 7 heteroatoms. The Morgan fingerprint density at radius 1 is 1.20 bits per heavy atom. The first kappa shape index (κ1) is 17.2. The number of carbonyl (C=O) groups excluding carboxylic acids is 2. The summed E-state index contributed by atoms with van der Waals surface area (Å²) >= 11 is 5.98. The molecule has 2 aromatic rings. The molecule has 1 aliphatic heterocycles. The van der Waals surface area contributed by atoms with Crippen molar-refractivity contribution in [1.82, 2.24) is 9.88 Å². The molecule has 1 fully saturated rings. The van der Waals surface area contributed by atoms with Gasteiger partial charge in [0.2, 0.25) is 0 Å². The van der Waals surface area contributed by atoms with Crippen LogP contribution in [0.4, 0.5) is 5.69 Å². The van der Waals surface area contributed by atoms with Crippen molar-refractivity contribution in [1.29, 1.82) is 0 Å². The minimum atomic E-state index is -0.363. The molecule has 6 nitrogen and oxygen atoms in total. The minimum absolute atomic E-state index is 0.146. The summed E-state index contributed by atoms with van der Waals surface area (Å²) in [6.07, 6.45) is 3.47. The Labute approximate surface area is 150 Å². The van der Waals surface area contributed by atoms with E-state index in [2.05, 4.69) is 10.3 Å². The molecule has 0 bridgehead atoms. The highest BCUT2D eigenvalue weighted by atomic mass is 35.5. The second-order valence-electron chi connectivity index (χ2n) is 5.73. The third-order valence-electron chi connectivity index (χ3n) is 4.04. The number of hydrogen-bond acceptors (Lipinski definition) is 4. The topological polar surface area (TPSA) is 71.5 Å². The maximum Gasteiger partial charge on any atom is 0.272 e. The van der Waals surface area contributed by atoms with E-state index in [1.165, 1.54) is 19.4 Å². The third-order valence-corrected chi connectivity index (χ3v) is 4.28. The zero-order valence-corrected chi connectivity index (χ0v) is 14.5. The number of rotatable bonds is 4. The highest BCUT2D eigenvalue weighted by molar-refractivity contribution is 6.31. The van der Waals surface area contributed by atoms with E-state index < -0.39 is 0 Å². The lowest BCUT2D eigenvalue weighted by molar-refractivity contribution is 0.0787. The molecule has 0 radical (unpaired) electrons. The molecule has 25 heavy (non-hydrogen) atoms. The predicted octanol–water partition coefficient (Wildman–Crippen LogP) is 3.23. The van der Waals surface area contributed by atoms with Crippen molar-refractivity contribution in [2.75, 3.05) is 25.5 Å². The van der Waals surface area contributed by atoms with Gasteiger partial charge < -0.3 is 15.0 Å². The summed E-state index contributed by atoms with van der Waals surface area (Å²) in [6, 6.07) is 8.03. The molecule has 1 saturated heterocycles. The predicted molar refractivity (Wildman–Crippen MR) is 95.3 cm³/mol. The van der Waals surface area contributed by atoms with Gasteiger partial charge in [-0.2, -0.15) is 0 Å². The lowest BCUT2D eigenvalue weighted by atomic mass is 10.2. The number of methoxy groups -OCH3 is 1. The lowest BCUT2D eigenvalue weighted by Crippen LogP contribution is -2.28. The van der Waals surface area contributed by atoms with E-state index in [0.29, 0.717) is 22.0 Å². The number of carbonyl (C=O) groups is 2. The van der Waals surface area contributed by atoms with Crippen LogP contribution < -0.4 is 10.1 Å². The van der Waals surface area contributed by atoms with E-state index in [4.69, 9.17) is 16.3 Å². The molecular weight excluding hydrogens is 342 g/mol. The molecule has 2 amide bonds. The van der Waals surface area contributed by atoms with Gasteiger partial charge >= 0.3 is 0 Å². The molecule has 130 valence electrons. The zero-order valence-electron chi connectivity index (χ0n) is 13.8. The van der Waals surface area contributed by atoms with Crippen LogP contribution in [0.2, 0.25) is 5.02 Å². The first-order chi connectivity index (χ1) is 12.1. The van der Waals surface area contributed by atoms with Crippen molar-refractivity contribution < 1.29 is 14.3 Å². The third kappa shape index (κ3) is 3.91. The maximum absolute atomic E-state index is 12.5. The SMILES string of the molecule is COc1ccc(Cl)cc1NC(=O)c1ccnc(C(=O)N2CCCC2)c1. The highest BCUT2D eigenvalue weighted by Gasteiger charge is 2.21. The van der Waals surface area contributed by atoms with Gasteiger partial charge in [0, 0.05) is 29.9 Å². The lowest BCUT2D eigenvalue weighted by Gasteiger charge is -2.15. The van der Waals surface area contributed by atoms with Crippen LogP contribution in [0.15, 0.2) is 36.5 Å². The van der Waals surface area contributed by atoms with Crippen LogP contribution in [0, 0.1) is 0 Å². The van der Waals surface area contributed by atoms with Gasteiger partial charge in [-0.3, -0.25) is 14.6 Å². The Balaban J connectivity index is 1.80. The summed E-state index contributed by atoms with van der Waals surface area (Å²) in [5, 5.41) is 3.24. The van der Waals surface area contributed by atoms with E-state index >= 15 is 0 Å². The number of benzene rings is 1. The number of pyridine rings is 1. The quantitative estimate of drug-likeness (QED) is 0.909. The van der Waals surface area contributed by atoms with E-state index in [9.17, 15) is 9.59 Å². The molecule has 2 heterocycles. The summed E-state index contributed by atoms with van der Waals surface area (Å²) in [7, 11) is 1.51. The van der Waals surface area contributed by atoms with Crippen LogP contribution >= 0.6 is 11.6 Å². The summed E-state index contributed by atoms with van der Waals surface area (Å²) in [4.78, 5) is 30.8. The second-order valence-corrected chi connectivity index (χ2v) is 6.16. The molecule has 0 unspecified atom stereocenters. The van der Waals surface area contributed by atoms with E-state index in [1.807, 2.05) is 0 Å². The Morgan fingerprint density at radius 2 is 1.96 bits per heavy atom. The monoisotopic (exact) mass is 359 g/mol. The zero-order chi connectivity index (χ0) is 17.8. The van der Waals surface area contributed by atoms with Crippen LogP contribution in [0.1, 0.15) is 33.7 Å². The fourth-order valence-electron chi connectivity index (χ4n) is 2.74. The molecule has 1 aromatic heterocycles. The largest absolute Gasteiger partial charge is 0.495 e. The minimum Gasteiger partial charge on any atom is -0.495 e. The molecule has 1 N–H and O–H groups in total. The Hall–Kier alpha value is -2.60. The van der Waals surface area contributed by atoms with Gasteiger partial charge in [0.15, 0.2) is 0 Å². The number of likely N-dealkylation sites (tertiary alicyclic amines) is 1. The van der Waals surface area contributed by atoms with Crippen molar-refractivity contribution in [3.63, 3.8) is 0 Å². The Morgan fingerprint density at radius 3 is 2.68 bits per heavy atom. The van der Waals surface area contributed by atoms with Crippen molar-refractivity contribution in [3.05, 3.63) is 52.8 Å². The molecule has 3 rings (SSSR count). The average molecular weight is 360 g/mol. The van der Waals surface area contributed by atoms with Gasteiger partial charge in [-0.25, -0.2) is 0 Å². The summed E-state index contributed by atoms with van der Waals surface area (Å²) in [5.41, 5.74) is 1.08. The molecule has 0 atom stereocenters. The number of nitrogens with zero attached hydrogens (tertiary/aromatic N) is 2. The fraction of sp³-hybridized carbons (Fsp3) is 0.278. The summed E-state index contributed by atoms with van der Waals surface area (Å²) in [5.74, 6) is -0.00824. The van der Waals surface area contributed by atoms with Gasteiger partial charge in [-0.15, -0.1) is 0 Å². The number of halogens is 1. The Kier molecular flexibility index (Phi) is 5.19. The standard InChI is InChI=1S/C18H18ClN3O3/c1-25-16-5-4-13(19)11-14(16)21-17(23)12-6-7-20-15(10-12)18(24)22-8-2-3-9-22/h4-7,10-11H,2-3,8-9H2,1H3,(H,21,23). The molecule has 1 aromatic carbocycles. The second kappa shape index (κ2) is 7.53. The summed E-state index contributed by atoms with van der Waals surface area (Å²) in [6.45, 7) is 1.47. The molecule has 0 aliphatic carbocycles. The van der Waals surface area contributed by atoms with Crippen LogP contribution in [-0.4, -0.2) is 41.9 Å². The van der Waals surface area contributed by atoms with Crippen molar-refractivity contribution >= 4 is 29.1 Å². The number of aromatic nitrogens is 1. The Bertz CT molecular complexity index is 804. The number of anilines is 1. The van der Waals surface area contributed by atoms with E-state index in [-0.39, 0.29) is 17.5 Å². The van der Waals surface area contributed by atoms with Crippen LogP contribution in [-0.2, 0) is 0 Å². The highest BCUT2D eigenvalue weighted by Crippen LogP contribution is 2.28. The summed E-state index contributed by atoms with van der Waals surface area (Å²) < 4.78 is 5.22. The fourth-order valence-corrected chi connectivity index (χ4v) is 2.92. The molecular formula is C18H18ClN3O3. The van der Waals surface area contributed by atoms with Crippen LogP contribution in [0.5, 0.6) is 5.75 Å². The van der Waals surface area contributed by atoms with Gasteiger partial charge in [-0.1, -0.05) is 11.6 Å². The average Bonchev–Trinajstić information content (AvgIpc) is 3.16. The maximum atomic E-state index is 12.5. The number of hydrogen-bond donors (Lipinski definition) is 1. The van der Waals surface area contributed by atoms with Crippen molar-refractivity contribution in [2.45, 2.75) is 12.8 Å². The van der Waals surface area contributed by atoms with E-state index in [1.54, 1.807) is 29.2 Å². The smallest absolute Gasteiger partial charge is 0.272 e. The van der Waals surface area contributed by atoms with Crippen molar-refractivity contribution in [2.24, 2.45) is 0 Å². The molecule has 0 saturated carbocycles. The van der Waals surface area contributed by atoms with E-state index in [0.717, 1.165) is 25.9 Å².